The lowest BCUT2D eigenvalue weighted by Crippen LogP contribution is -2.38. The number of carbonyl (C=O) groups excluding carboxylic acids is 1. The fourth-order valence-electron chi connectivity index (χ4n) is 2.20. The molecule has 2 aromatic rings. The fourth-order valence-corrected chi connectivity index (χ4v) is 2.99. The van der Waals surface area contributed by atoms with Crippen LogP contribution in [0.5, 0.6) is 11.5 Å². The monoisotopic (exact) mass is 379 g/mol. The Hall–Kier alpha value is -2.58. The smallest absolute Gasteiger partial charge is 0.341 e. The van der Waals surface area contributed by atoms with Crippen molar-refractivity contribution < 1.29 is 29.3 Å². The summed E-state index contributed by atoms with van der Waals surface area (Å²) in [5.41, 5.74) is -0.129. The molecule has 0 saturated heterocycles. The highest BCUT2D eigenvalue weighted by atomic mass is 32.1. The van der Waals surface area contributed by atoms with E-state index in [1.165, 1.54) is 29.5 Å². The number of carboxylic acids is 1. The first-order chi connectivity index (χ1) is 12.3. The van der Waals surface area contributed by atoms with Crippen LogP contribution in [0.25, 0.3) is 0 Å². The Morgan fingerprint density at radius 1 is 1.23 bits per heavy atom. The lowest BCUT2D eigenvalue weighted by atomic mass is 9.99. The molecule has 1 unspecified atom stereocenters. The molecule has 1 aromatic carbocycles. The molecule has 0 aliphatic heterocycles. The van der Waals surface area contributed by atoms with Gasteiger partial charge in [-0.1, -0.05) is 0 Å². The minimum Gasteiger partial charge on any atom is -0.490 e. The van der Waals surface area contributed by atoms with Gasteiger partial charge in [0, 0.05) is 5.56 Å². The molecule has 140 valence electrons. The number of benzene rings is 1. The zero-order chi connectivity index (χ0) is 19.2. The number of hydrogen-bond acceptors (Lipinski definition) is 6. The molecule has 1 aromatic heterocycles. The van der Waals surface area contributed by atoms with E-state index < -0.39 is 18.2 Å². The average molecular weight is 379 g/mol. The van der Waals surface area contributed by atoms with E-state index in [2.05, 4.69) is 5.32 Å². The molecule has 1 heterocycles. The van der Waals surface area contributed by atoms with Crippen LogP contribution >= 0.6 is 11.3 Å². The number of nitrogens with one attached hydrogen (secondary N) is 1. The largest absolute Gasteiger partial charge is 0.490 e. The molecule has 0 fully saturated rings. The number of carbonyl (C=O) groups is 2. The van der Waals surface area contributed by atoms with Crippen LogP contribution in [0.15, 0.2) is 35.0 Å². The molecule has 0 aliphatic rings. The van der Waals surface area contributed by atoms with Gasteiger partial charge in [-0.15, -0.1) is 0 Å². The highest BCUT2D eigenvalue weighted by molar-refractivity contribution is 7.08. The minimum atomic E-state index is -1.18. The molecule has 0 saturated carbocycles. The second-order valence-corrected chi connectivity index (χ2v) is 6.53. The van der Waals surface area contributed by atoms with Gasteiger partial charge in [-0.2, -0.15) is 11.3 Å². The normalized spacial score (nSPS) is 12.9. The molecule has 0 radical (unpaired) electrons. The SMILES string of the molecule is CCOc1cc(C(=O)NCC(C)(O)c2ccsc2)ccc1OCC(=O)O. The van der Waals surface area contributed by atoms with Crippen molar-refractivity contribution in [3.8, 4) is 11.5 Å². The third-order valence-corrected chi connectivity index (χ3v) is 4.28. The van der Waals surface area contributed by atoms with Crippen molar-refractivity contribution in [1.29, 1.82) is 0 Å². The fraction of sp³-hybridized carbons (Fsp3) is 0.333. The molecule has 0 aliphatic carbocycles. The summed E-state index contributed by atoms with van der Waals surface area (Å²) in [6.07, 6.45) is 0. The zero-order valence-corrected chi connectivity index (χ0v) is 15.3. The topological polar surface area (TPSA) is 105 Å². The van der Waals surface area contributed by atoms with Crippen LogP contribution in [0.1, 0.15) is 29.8 Å². The third-order valence-electron chi connectivity index (χ3n) is 3.59. The van der Waals surface area contributed by atoms with Gasteiger partial charge < -0.3 is 25.0 Å². The summed E-state index contributed by atoms with van der Waals surface area (Å²) in [7, 11) is 0. The van der Waals surface area contributed by atoms with Crippen molar-refractivity contribution in [2.75, 3.05) is 19.8 Å². The van der Waals surface area contributed by atoms with Gasteiger partial charge in [-0.05, 0) is 54.4 Å². The van der Waals surface area contributed by atoms with Gasteiger partial charge in [0.1, 0.15) is 5.60 Å². The summed E-state index contributed by atoms with van der Waals surface area (Å²) in [5, 5.41) is 25.6. The number of rotatable bonds is 9. The Morgan fingerprint density at radius 3 is 2.62 bits per heavy atom. The Labute approximate surface area is 155 Å². The Kier molecular flexibility index (Phi) is 6.59. The summed E-state index contributed by atoms with van der Waals surface area (Å²) in [4.78, 5) is 23.0. The van der Waals surface area contributed by atoms with Crippen molar-refractivity contribution in [3.05, 3.63) is 46.2 Å². The number of hydrogen-bond donors (Lipinski definition) is 3. The zero-order valence-electron chi connectivity index (χ0n) is 14.5. The van der Waals surface area contributed by atoms with Gasteiger partial charge in [-0.3, -0.25) is 4.79 Å². The van der Waals surface area contributed by atoms with Crippen LogP contribution in [0.3, 0.4) is 0 Å². The number of ether oxygens (including phenoxy) is 2. The van der Waals surface area contributed by atoms with Crippen LogP contribution in [-0.2, 0) is 10.4 Å². The van der Waals surface area contributed by atoms with Gasteiger partial charge in [0.2, 0.25) is 0 Å². The molecule has 7 nitrogen and oxygen atoms in total. The number of carboxylic acid groups (broad SMARTS) is 1. The molecular formula is C18H21NO6S. The molecule has 26 heavy (non-hydrogen) atoms. The summed E-state index contributed by atoms with van der Waals surface area (Å²) >= 11 is 1.47. The van der Waals surface area contributed by atoms with Gasteiger partial charge in [0.25, 0.3) is 5.91 Å². The minimum absolute atomic E-state index is 0.0454. The lowest BCUT2D eigenvalue weighted by molar-refractivity contribution is -0.139. The van der Waals surface area contributed by atoms with E-state index in [4.69, 9.17) is 14.6 Å². The highest BCUT2D eigenvalue weighted by Crippen LogP contribution is 2.29. The van der Waals surface area contributed by atoms with Crippen molar-refractivity contribution in [2.45, 2.75) is 19.4 Å². The van der Waals surface area contributed by atoms with Gasteiger partial charge in [0.15, 0.2) is 18.1 Å². The van der Waals surface area contributed by atoms with Crippen molar-refractivity contribution in [2.24, 2.45) is 0 Å². The van der Waals surface area contributed by atoms with Crippen molar-refractivity contribution >= 4 is 23.2 Å². The van der Waals surface area contributed by atoms with Crippen LogP contribution in [0, 0.1) is 0 Å². The quantitative estimate of drug-likeness (QED) is 0.617. The molecule has 2 rings (SSSR count). The summed E-state index contributed by atoms with van der Waals surface area (Å²) in [6.45, 7) is 3.27. The van der Waals surface area contributed by atoms with E-state index >= 15 is 0 Å². The number of thiophene rings is 1. The molecule has 1 atom stereocenters. The molecular weight excluding hydrogens is 358 g/mol. The van der Waals surface area contributed by atoms with Crippen LogP contribution in [-0.4, -0.2) is 41.8 Å². The third kappa shape index (κ3) is 5.21. The predicted molar refractivity (Wildman–Crippen MR) is 97.0 cm³/mol. The van der Waals surface area contributed by atoms with Gasteiger partial charge >= 0.3 is 5.97 Å². The lowest BCUT2D eigenvalue weighted by Gasteiger charge is -2.23. The first-order valence-corrected chi connectivity index (χ1v) is 8.92. The van der Waals surface area contributed by atoms with Crippen molar-refractivity contribution in [1.82, 2.24) is 5.32 Å². The van der Waals surface area contributed by atoms with E-state index in [0.717, 1.165) is 5.56 Å². The van der Waals surface area contributed by atoms with E-state index in [1.54, 1.807) is 19.9 Å². The number of aliphatic carboxylic acids is 1. The summed E-state index contributed by atoms with van der Waals surface area (Å²) < 4.78 is 10.6. The Morgan fingerprint density at radius 2 is 2.00 bits per heavy atom. The van der Waals surface area contributed by atoms with Crippen LogP contribution in [0.2, 0.25) is 0 Å². The second kappa shape index (κ2) is 8.68. The Balaban J connectivity index is 2.08. The van der Waals surface area contributed by atoms with Crippen molar-refractivity contribution in [3.63, 3.8) is 0 Å². The standard InChI is InChI=1S/C18H21NO6S/c1-3-24-15-8-12(4-5-14(15)25-9-16(20)21)17(22)19-11-18(2,23)13-6-7-26-10-13/h4-8,10,23H,3,9,11H2,1-2H3,(H,19,22)(H,20,21). The predicted octanol–water partition coefficient (Wildman–Crippen LogP) is 2.25. The van der Waals surface area contributed by atoms with E-state index in [-0.39, 0.29) is 24.0 Å². The maximum absolute atomic E-state index is 12.4. The van der Waals surface area contributed by atoms with Crippen LogP contribution < -0.4 is 14.8 Å². The summed E-state index contributed by atoms with van der Waals surface area (Å²) in [6, 6.07) is 6.28. The Bertz CT molecular complexity index is 757. The maximum Gasteiger partial charge on any atom is 0.341 e. The second-order valence-electron chi connectivity index (χ2n) is 5.75. The molecule has 0 spiro atoms. The molecule has 8 heteroatoms. The average Bonchev–Trinajstić information content (AvgIpc) is 3.14. The number of amides is 1. The molecule has 3 N–H and O–H groups in total. The highest BCUT2D eigenvalue weighted by Gasteiger charge is 2.24. The first-order valence-electron chi connectivity index (χ1n) is 7.98. The van der Waals surface area contributed by atoms with Gasteiger partial charge in [0.05, 0.1) is 13.2 Å². The van der Waals surface area contributed by atoms with E-state index in [1.807, 2.05) is 10.8 Å². The summed E-state index contributed by atoms with van der Waals surface area (Å²) in [5.74, 6) is -0.960. The van der Waals surface area contributed by atoms with Gasteiger partial charge in [-0.25, -0.2) is 4.79 Å². The first kappa shape index (κ1) is 19.7. The maximum atomic E-state index is 12.4. The van der Waals surface area contributed by atoms with E-state index in [0.29, 0.717) is 12.2 Å². The molecule has 1 amide bonds. The molecule has 0 bridgehead atoms. The van der Waals surface area contributed by atoms with Crippen LogP contribution in [0.4, 0.5) is 0 Å². The number of aliphatic hydroxyl groups is 1. The van der Waals surface area contributed by atoms with E-state index in [9.17, 15) is 14.7 Å².